The van der Waals surface area contributed by atoms with Gasteiger partial charge < -0.3 is 5.11 Å². The van der Waals surface area contributed by atoms with Crippen molar-refractivity contribution in [1.82, 2.24) is 0 Å². The van der Waals surface area contributed by atoms with E-state index in [0.717, 1.165) is 36.2 Å². The van der Waals surface area contributed by atoms with Crippen LogP contribution in [0, 0.1) is 0 Å². The van der Waals surface area contributed by atoms with E-state index >= 15 is 0 Å². The largest absolute Gasteiger partial charge is 0.390 e. The topological polar surface area (TPSA) is 32.6 Å². The molecule has 3 heteroatoms. The van der Waals surface area contributed by atoms with Crippen LogP contribution in [0.2, 0.25) is 0 Å². The Morgan fingerprint density at radius 3 is 2.09 bits per heavy atom. The first-order valence-electron chi connectivity index (χ1n) is 7.90. The Hall–Kier alpha value is -1.97. The summed E-state index contributed by atoms with van der Waals surface area (Å²) in [6, 6.07) is 20.8. The fourth-order valence-electron chi connectivity index (χ4n) is 3.21. The van der Waals surface area contributed by atoms with Crippen LogP contribution in [-0.4, -0.2) is 41.7 Å². The van der Waals surface area contributed by atoms with Crippen LogP contribution in [0.4, 0.5) is 0 Å². The average Bonchev–Trinajstić information content (AvgIpc) is 2.95. The van der Waals surface area contributed by atoms with Crippen LogP contribution in [0.5, 0.6) is 0 Å². The third kappa shape index (κ3) is 2.96. The maximum absolute atomic E-state index is 9.67. The lowest BCUT2D eigenvalue weighted by molar-refractivity contribution is -0.927. The molecule has 1 heterocycles. The van der Waals surface area contributed by atoms with Gasteiger partial charge in [-0.05, 0) is 0 Å². The fourth-order valence-corrected chi connectivity index (χ4v) is 3.21. The second-order valence-corrected chi connectivity index (χ2v) is 6.10. The Kier molecular flexibility index (Phi) is 4.36. The molecular formula is C19H23N2O+. The van der Waals surface area contributed by atoms with Gasteiger partial charge in [0.15, 0.2) is 0 Å². The summed E-state index contributed by atoms with van der Waals surface area (Å²) in [6.45, 7) is 1.17. The van der Waals surface area contributed by atoms with Crippen molar-refractivity contribution >= 4 is 5.71 Å². The van der Waals surface area contributed by atoms with E-state index in [4.69, 9.17) is 5.10 Å². The Labute approximate surface area is 132 Å². The number of nitrogens with zero attached hydrogens (tertiary/aromatic N) is 2. The smallest absolute Gasteiger partial charge is 0.136 e. The van der Waals surface area contributed by atoms with Gasteiger partial charge in [-0.1, -0.05) is 65.8 Å². The van der Waals surface area contributed by atoms with E-state index in [9.17, 15) is 5.11 Å². The average molecular weight is 295 g/mol. The van der Waals surface area contributed by atoms with E-state index in [1.807, 2.05) is 36.4 Å². The minimum absolute atomic E-state index is 0.191. The van der Waals surface area contributed by atoms with E-state index < -0.39 is 0 Å². The molecule has 2 aromatic rings. The molecule has 0 saturated carbocycles. The summed E-state index contributed by atoms with van der Waals surface area (Å²) < 4.78 is 0.565. The minimum atomic E-state index is 0.191. The van der Waals surface area contributed by atoms with Gasteiger partial charge in [0.25, 0.3) is 0 Å². The fraction of sp³-hybridized carbons (Fsp3) is 0.316. The van der Waals surface area contributed by atoms with Crippen molar-refractivity contribution in [2.45, 2.75) is 18.9 Å². The normalized spacial score (nSPS) is 24.2. The van der Waals surface area contributed by atoms with Crippen LogP contribution < -0.4 is 0 Å². The van der Waals surface area contributed by atoms with E-state index in [-0.39, 0.29) is 12.6 Å². The number of likely N-dealkylation sites (N-methyl/N-ethyl adjacent to an activating group) is 1. The van der Waals surface area contributed by atoms with Crippen molar-refractivity contribution in [1.29, 1.82) is 0 Å². The maximum Gasteiger partial charge on any atom is 0.136 e. The molecule has 1 aliphatic rings. The molecule has 2 atom stereocenters. The van der Waals surface area contributed by atoms with Gasteiger partial charge in [0.1, 0.15) is 18.3 Å². The molecule has 3 rings (SSSR count). The first-order chi connectivity index (χ1) is 10.7. The highest BCUT2D eigenvalue weighted by Crippen LogP contribution is 2.27. The molecule has 0 spiro atoms. The molecule has 0 amide bonds. The molecular weight excluding hydrogens is 272 g/mol. The van der Waals surface area contributed by atoms with Gasteiger partial charge in [-0.2, -0.15) is 4.59 Å². The number of benzene rings is 2. The van der Waals surface area contributed by atoms with Crippen LogP contribution in [0.3, 0.4) is 0 Å². The molecule has 3 nitrogen and oxygen atoms in total. The summed E-state index contributed by atoms with van der Waals surface area (Å²) in [5.41, 5.74) is 3.25. The molecule has 22 heavy (non-hydrogen) atoms. The lowest BCUT2D eigenvalue weighted by Gasteiger charge is -2.29. The van der Waals surface area contributed by atoms with Crippen molar-refractivity contribution < 1.29 is 9.70 Å². The van der Waals surface area contributed by atoms with Crippen LogP contribution in [0.1, 0.15) is 24.0 Å². The zero-order valence-electron chi connectivity index (χ0n) is 13.0. The Bertz CT molecular complexity index is 597. The standard InChI is InChI=1S/C19H23N2O/c1-21(14-8-13-18(21)15-22)20-19(16-9-4-2-5-10-16)17-11-6-3-7-12-17/h2-7,9-12,18,22H,8,13-15H2,1H3/q+1/t18-,21?/m1/s1. The van der Waals surface area contributed by atoms with Crippen molar-refractivity contribution in [2.75, 3.05) is 20.2 Å². The Morgan fingerprint density at radius 1 is 1.05 bits per heavy atom. The first kappa shape index (κ1) is 14.9. The van der Waals surface area contributed by atoms with E-state index in [1.165, 1.54) is 0 Å². The van der Waals surface area contributed by atoms with Crippen molar-refractivity contribution in [3.05, 3.63) is 71.8 Å². The molecule has 1 N–H and O–H groups in total. The third-order valence-electron chi connectivity index (χ3n) is 4.57. The Morgan fingerprint density at radius 2 is 1.59 bits per heavy atom. The molecule has 0 bridgehead atoms. The molecule has 1 unspecified atom stereocenters. The summed E-state index contributed by atoms with van der Waals surface area (Å²) in [4.78, 5) is 0. The highest BCUT2D eigenvalue weighted by molar-refractivity contribution is 6.12. The van der Waals surface area contributed by atoms with Crippen molar-refractivity contribution in [2.24, 2.45) is 5.10 Å². The predicted octanol–water partition coefficient (Wildman–Crippen LogP) is 3.04. The number of quaternary nitrogens is 1. The van der Waals surface area contributed by atoms with Crippen LogP contribution in [0.25, 0.3) is 0 Å². The molecule has 1 aliphatic heterocycles. The summed E-state index contributed by atoms with van der Waals surface area (Å²) >= 11 is 0. The molecule has 0 aromatic heterocycles. The number of likely N-dealkylation sites (tertiary alicyclic amines) is 1. The zero-order valence-corrected chi connectivity index (χ0v) is 13.0. The SMILES string of the molecule is C[N+]1(N=C(c2ccccc2)c2ccccc2)CCC[C@@H]1CO. The Balaban J connectivity index is 2.08. The summed E-state index contributed by atoms with van der Waals surface area (Å²) in [5.74, 6) is 0. The molecule has 0 radical (unpaired) electrons. The molecule has 2 aromatic carbocycles. The van der Waals surface area contributed by atoms with Gasteiger partial charge in [0.2, 0.25) is 0 Å². The summed E-state index contributed by atoms with van der Waals surface area (Å²) in [7, 11) is 2.12. The van der Waals surface area contributed by atoms with Gasteiger partial charge in [-0.3, -0.25) is 0 Å². The second-order valence-electron chi connectivity index (χ2n) is 6.10. The second kappa shape index (κ2) is 6.42. The van der Waals surface area contributed by atoms with Crippen LogP contribution in [0.15, 0.2) is 65.8 Å². The van der Waals surface area contributed by atoms with Gasteiger partial charge in [-0.15, -0.1) is 0 Å². The molecule has 114 valence electrons. The lowest BCUT2D eigenvalue weighted by Crippen LogP contribution is -2.45. The minimum Gasteiger partial charge on any atom is -0.390 e. The van der Waals surface area contributed by atoms with Crippen molar-refractivity contribution in [3.63, 3.8) is 0 Å². The van der Waals surface area contributed by atoms with Crippen molar-refractivity contribution in [3.8, 4) is 0 Å². The van der Waals surface area contributed by atoms with E-state index in [2.05, 4.69) is 31.3 Å². The van der Waals surface area contributed by atoms with Gasteiger partial charge in [-0.25, -0.2) is 0 Å². The maximum atomic E-state index is 9.67. The van der Waals surface area contributed by atoms with E-state index in [1.54, 1.807) is 0 Å². The predicted molar refractivity (Wildman–Crippen MR) is 89.7 cm³/mol. The van der Waals surface area contributed by atoms with Gasteiger partial charge in [0.05, 0.1) is 13.7 Å². The van der Waals surface area contributed by atoms with E-state index in [0.29, 0.717) is 4.59 Å². The molecule has 1 fully saturated rings. The number of hydrogen-bond acceptors (Lipinski definition) is 2. The highest BCUT2D eigenvalue weighted by Gasteiger charge is 2.39. The summed E-state index contributed by atoms with van der Waals surface area (Å²) in [5, 5.41) is 14.8. The molecule has 0 aliphatic carbocycles. The molecule has 1 saturated heterocycles. The third-order valence-corrected chi connectivity index (χ3v) is 4.57. The number of aliphatic hydroxyl groups is 1. The van der Waals surface area contributed by atoms with Crippen LogP contribution >= 0.6 is 0 Å². The number of rotatable bonds is 4. The lowest BCUT2D eigenvalue weighted by atomic mass is 10.0. The van der Waals surface area contributed by atoms with Gasteiger partial charge in [0, 0.05) is 24.0 Å². The monoisotopic (exact) mass is 295 g/mol. The van der Waals surface area contributed by atoms with Gasteiger partial charge >= 0.3 is 0 Å². The number of hydrogen-bond donors (Lipinski definition) is 1. The van der Waals surface area contributed by atoms with Crippen LogP contribution in [-0.2, 0) is 0 Å². The summed E-state index contributed by atoms with van der Waals surface area (Å²) in [6.07, 6.45) is 2.15. The quantitative estimate of drug-likeness (QED) is 0.682. The highest BCUT2D eigenvalue weighted by atomic mass is 16.3. The zero-order chi connectivity index (χ0) is 15.4. The number of aliphatic hydroxyl groups excluding tert-OH is 1. The first-order valence-corrected chi connectivity index (χ1v) is 7.90.